The van der Waals surface area contributed by atoms with Gasteiger partial charge in [0.15, 0.2) is 5.82 Å². The summed E-state index contributed by atoms with van der Waals surface area (Å²) in [5.41, 5.74) is 0.295. The number of aromatic nitrogens is 4. The molecule has 0 fully saturated rings. The Hall–Kier alpha value is -3.71. The summed E-state index contributed by atoms with van der Waals surface area (Å²) < 4.78 is 68.7. The molecule has 2 heterocycles. The number of carbonyl (C=O) groups is 1. The van der Waals surface area contributed by atoms with Gasteiger partial charge in [-0.25, -0.2) is 27.2 Å². The van der Waals surface area contributed by atoms with Crippen molar-refractivity contribution in [3.63, 3.8) is 0 Å². The van der Waals surface area contributed by atoms with Crippen molar-refractivity contribution in [3.05, 3.63) is 76.4 Å². The van der Waals surface area contributed by atoms with E-state index >= 15 is 0 Å². The summed E-state index contributed by atoms with van der Waals surface area (Å²) in [6, 6.07) is 9.80. The third-order valence-corrected chi connectivity index (χ3v) is 7.10. The number of rotatable bonds is 6. The predicted octanol–water partition coefficient (Wildman–Crippen LogP) is 4.13. The average Bonchev–Trinajstić information content (AvgIpc) is 3.17. The zero-order valence-electron chi connectivity index (χ0n) is 17.7. The molecule has 0 saturated heterocycles. The fourth-order valence-electron chi connectivity index (χ4n) is 3.29. The van der Waals surface area contributed by atoms with Crippen LogP contribution in [0.3, 0.4) is 0 Å². The zero-order valence-corrected chi connectivity index (χ0v) is 19.3. The Morgan fingerprint density at radius 1 is 1.14 bits per heavy atom. The quantitative estimate of drug-likeness (QED) is 0.402. The van der Waals surface area contributed by atoms with E-state index in [4.69, 9.17) is 16.7 Å². The van der Waals surface area contributed by atoms with Crippen molar-refractivity contribution in [2.75, 3.05) is 4.31 Å². The van der Waals surface area contributed by atoms with E-state index in [0.29, 0.717) is 28.9 Å². The van der Waals surface area contributed by atoms with E-state index in [1.165, 1.54) is 4.68 Å². The molecule has 9 nitrogen and oxygen atoms in total. The average molecular weight is 526 g/mol. The number of sulfonamides is 1. The lowest BCUT2D eigenvalue weighted by Crippen LogP contribution is -2.32. The third-order valence-electron chi connectivity index (χ3n) is 5.08. The lowest BCUT2D eigenvalue weighted by atomic mass is 10.2. The second kappa shape index (κ2) is 8.82. The number of fused-ring (bicyclic) bond motifs is 1. The molecule has 0 aliphatic carbocycles. The largest absolute Gasteiger partial charge is 0.478 e. The first-order valence-electron chi connectivity index (χ1n) is 9.75. The first kappa shape index (κ1) is 24.4. The van der Waals surface area contributed by atoms with Crippen LogP contribution in [-0.2, 0) is 29.8 Å². The van der Waals surface area contributed by atoms with Gasteiger partial charge in [0.05, 0.1) is 33.1 Å². The van der Waals surface area contributed by atoms with E-state index in [0.717, 1.165) is 28.6 Å². The lowest BCUT2D eigenvalue weighted by molar-refractivity contribution is -0.137. The summed E-state index contributed by atoms with van der Waals surface area (Å²) in [5, 5.41) is 16.4. The van der Waals surface area contributed by atoms with Gasteiger partial charge in [0.1, 0.15) is 5.52 Å². The van der Waals surface area contributed by atoms with E-state index < -0.39 is 38.6 Å². The molecule has 0 spiro atoms. The Balaban J connectivity index is 1.83. The molecule has 0 amide bonds. The van der Waals surface area contributed by atoms with Crippen LogP contribution in [0.15, 0.2) is 59.6 Å². The molecule has 0 aliphatic heterocycles. The van der Waals surface area contributed by atoms with Crippen molar-refractivity contribution in [2.45, 2.75) is 17.6 Å². The van der Waals surface area contributed by atoms with Crippen molar-refractivity contribution in [2.24, 2.45) is 7.05 Å². The van der Waals surface area contributed by atoms with Gasteiger partial charge in [-0.2, -0.15) is 13.2 Å². The number of pyridine rings is 1. The topological polar surface area (TPSA) is 118 Å². The predicted molar refractivity (Wildman–Crippen MR) is 120 cm³/mol. The number of benzene rings is 2. The zero-order chi connectivity index (χ0) is 25.5. The molecule has 182 valence electrons. The van der Waals surface area contributed by atoms with Crippen molar-refractivity contribution >= 4 is 44.4 Å². The number of nitrogens with zero attached hydrogens (tertiary/aromatic N) is 5. The monoisotopic (exact) mass is 525 g/mol. The highest BCUT2D eigenvalue weighted by Gasteiger charge is 2.34. The van der Waals surface area contributed by atoms with E-state index in [2.05, 4.69) is 15.3 Å². The number of alkyl halides is 3. The first-order valence-corrected chi connectivity index (χ1v) is 11.6. The van der Waals surface area contributed by atoms with Gasteiger partial charge in [0.25, 0.3) is 10.0 Å². The first-order chi connectivity index (χ1) is 16.4. The number of anilines is 1. The highest BCUT2D eigenvalue weighted by Crippen LogP contribution is 2.36. The Morgan fingerprint density at radius 3 is 2.43 bits per heavy atom. The molecular weight excluding hydrogens is 511 g/mol. The SMILES string of the molecule is Cn1nnc2cc(CN(c3ncc(C(F)(F)F)cc3Cl)S(=O)(=O)c3ccc(C(=O)O)cc3)ccc21. The molecule has 0 unspecified atom stereocenters. The van der Waals surface area contributed by atoms with Crippen LogP contribution in [-0.4, -0.2) is 39.5 Å². The molecule has 4 aromatic rings. The smallest absolute Gasteiger partial charge is 0.417 e. The number of hydrogen-bond acceptors (Lipinski definition) is 6. The molecule has 35 heavy (non-hydrogen) atoms. The third kappa shape index (κ3) is 4.77. The number of aryl methyl sites for hydroxylation is 1. The van der Waals surface area contributed by atoms with E-state index in [9.17, 15) is 26.4 Å². The summed E-state index contributed by atoms with van der Waals surface area (Å²) in [6.45, 7) is -0.354. The summed E-state index contributed by atoms with van der Waals surface area (Å²) in [7, 11) is -2.76. The minimum Gasteiger partial charge on any atom is -0.478 e. The van der Waals surface area contributed by atoms with Crippen LogP contribution in [0.2, 0.25) is 5.02 Å². The number of halogens is 4. The van der Waals surface area contributed by atoms with Crippen LogP contribution < -0.4 is 4.31 Å². The number of carboxylic acids is 1. The maximum Gasteiger partial charge on any atom is 0.417 e. The van der Waals surface area contributed by atoms with E-state index in [1.54, 1.807) is 25.2 Å². The summed E-state index contributed by atoms with van der Waals surface area (Å²) in [4.78, 5) is 14.5. The number of aromatic carboxylic acids is 1. The van der Waals surface area contributed by atoms with Gasteiger partial charge in [-0.1, -0.05) is 22.9 Å². The highest BCUT2D eigenvalue weighted by molar-refractivity contribution is 7.92. The van der Waals surface area contributed by atoms with Crippen molar-refractivity contribution in [1.29, 1.82) is 0 Å². The van der Waals surface area contributed by atoms with Gasteiger partial charge in [-0.3, -0.25) is 0 Å². The molecule has 0 bridgehead atoms. The Kier molecular flexibility index (Phi) is 6.15. The van der Waals surface area contributed by atoms with Crippen LogP contribution in [0, 0.1) is 0 Å². The Morgan fingerprint density at radius 2 is 1.83 bits per heavy atom. The van der Waals surface area contributed by atoms with Crippen LogP contribution in [0.5, 0.6) is 0 Å². The maximum absolute atomic E-state index is 13.5. The van der Waals surface area contributed by atoms with Crippen molar-refractivity contribution in [1.82, 2.24) is 20.0 Å². The van der Waals surface area contributed by atoms with Crippen LogP contribution >= 0.6 is 11.6 Å². The minimum absolute atomic E-state index is 0.144. The molecule has 2 aromatic carbocycles. The van der Waals surface area contributed by atoms with Gasteiger partial charge < -0.3 is 5.11 Å². The van der Waals surface area contributed by atoms with E-state index in [-0.39, 0.29) is 17.0 Å². The van der Waals surface area contributed by atoms with Gasteiger partial charge in [0, 0.05) is 13.2 Å². The number of hydrogen-bond donors (Lipinski definition) is 1. The van der Waals surface area contributed by atoms with Gasteiger partial charge >= 0.3 is 12.1 Å². The van der Waals surface area contributed by atoms with Gasteiger partial charge in [-0.05, 0) is 48.0 Å². The fraction of sp³-hybridized carbons (Fsp3) is 0.143. The second-order valence-corrected chi connectivity index (χ2v) is 9.67. The maximum atomic E-state index is 13.5. The minimum atomic E-state index is -4.73. The molecule has 0 atom stereocenters. The molecule has 0 aliphatic rings. The summed E-state index contributed by atoms with van der Waals surface area (Å²) >= 11 is 6.08. The van der Waals surface area contributed by atoms with Gasteiger partial charge in [0.2, 0.25) is 0 Å². The highest BCUT2D eigenvalue weighted by atomic mass is 35.5. The standard InChI is InChI=1S/C21H15ClF3N5O4S/c1-29-18-7-2-12(8-17(18)27-28-29)11-30(19-16(22)9-14(10-26-19)21(23,24)25)35(33,34)15-5-3-13(4-6-15)20(31)32/h2-10H,11H2,1H3,(H,31,32). The molecule has 0 saturated carbocycles. The molecular formula is C21H15ClF3N5O4S. The van der Waals surface area contributed by atoms with Crippen molar-refractivity contribution < 1.29 is 31.5 Å². The lowest BCUT2D eigenvalue weighted by Gasteiger charge is -2.25. The van der Waals surface area contributed by atoms with Crippen LogP contribution in [0.4, 0.5) is 19.0 Å². The molecule has 0 radical (unpaired) electrons. The Bertz CT molecular complexity index is 1540. The molecule has 14 heteroatoms. The summed E-state index contributed by atoms with van der Waals surface area (Å²) in [5.74, 6) is -1.68. The molecule has 1 N–H and O–H groups in total. The molecule has 4 rings (SSSR count). The number of carboxylic acid groups (broad SMARTS) is 1. The second-order valence-electron chi connectivity index (χ2n) is 7.40. The molecule has 2 aromatic heterocycles. The van der Waals surface area contributed by atoms with Gasteiger partial charge in [-0.15, -0.1) is 5.10 Å². The Labute approximate surface area is 201 Å². The van der Waals surface area contributed by atoms with E-state index in [1.807, 2.05) is 0 Å². The van der Waals surface area contributed by atoms with Crippen LogP contribution in [0.1, 0.15) is 21.5 Å². The van der Waals surface area contributed by atoms with Crippen molar-refractivity contribution in [3.8, 4) is 0 Å². The summed E-state index contributed by atoms with van der Waals surface area (Å²) in [6.07, 6.45) is -4.24. The fourth-order valence-corrected chi connectivity index (χ4v) is 5.04. The normalized spacial score (nSPS) is 12.1. The van der Waals surface area contributed by atoms with Crippen LogP contribution in [0.25, 0.3) is 11.0 Å².